The van der Waals surface area contributed by atoms with Crippen LogP contribution in [-0.4, -0.2) is 31.8 Å². The summed E-state index contributed by atoms with van der Waals surface area (Å²) in [5.74, 6) is -0.436. The molecule has 0 spiro atoms. The molecule has 2 heterocycles. The maximum absolute atomic E-state index is 10.9. The summed E-state index contributed by atoms with van der Waals surface area (Å²) in [6.07, 6.45) is 3.29. The van der Waals surface area contributed by atoms with Crippen molar-refractivity contribution in [1.82, 2.24) is 20.4 Å². The summed E-state index contributed by atoms with van der Waals surface area (Å²) in [4.78, 5) is 23.4. The van der Waals surface area contributed by atoms with Gasteiger partial charge < -0.3 is 0 Å². The third-order valence-corrected chi connectivity index (χ3v) is 2.88. The second-order valence-corrected chi connectivity index (χ2v) is 4.21. The summed E-state index contributed by atoms with van der Waals surface area (Å²) < 4.78 is 0. The Morgan fingerprint density at radius 2 is 2.11 bits per heavy atom. The molecule has 0 aromatic carbocycles. The standard InChI is InChI=1S/C11H10N4O2S/c16-10(15-17)7-18-11-13-6-4-9(14-11)8-3-1-2-5-12-8/h1-6,17H,7H2,(H,15,16). The minimum absolute atomic E-state index is 0.0577. The van der Waals surface area contributed by atoms with E-state index in [2.05, 4.69) is 15.0 Å². The number of rotatable bonds is 4. The third-order valence-electron chi connectivity index (χ3n) is 2.02. The topological polar surface area (TPSA) is 88.0 Å². The van der Waals surface area contributed by atoms with Crippen LogP contribution in [0.3, 0.4) is 0 Å². The first-order valence-corrected chi connectivity index (χ1v) is 6.08. The Morgan fingerprint density at radius 3 is 2.83 bits per heavy atom. The van der Waals surface area contributed by atoms with Crippen LogP contribution < -0.4 is 5.48 Å². The van der Waals surface area contributed by atoms with Gasteiger partial charge in [0, 0.05) is 12.4 Å². The molecule has 2 aromatic rings. The van der Waals surface area contributed by atoms with Crippen LogP contribution in [0.1, 0.15) is 0 Å². The SMILES string of the molecule is O=C(CSc1nccc(-c2ccccn2)n1)NO. The first-order chi connectivity index (χ1) is 8.79. The molecular formula is C11H10N4O2S. The van der Waals surface area contributed by atoms with E-state index in [0.29, 0.717) is 10.9 Å². The summed E-state index contributed by atoms with van der Waals surface area (Å²) >= 11 is 1.14. The van der Waals surface area contributed by atoms with Gasteiger partial charge in [0.25, 0.3) is 5.91 Å². The lowest BCUT2D eigenvalue weighted by atomic mass is 10.3. The van der Waals surface area contributed by atoms with E-state index in [1.807, 2.05) is 18.2 Å². The molecule has 0 saturated heterocycles. The van der Waals surface area contributed by atoms with E-state index < -0.39 is 5.91 Å². The van der Waals surface area contributed by atoms with E-state index in [1.165, 1.54) is 0 Å². The lowest BCUT2D eigenvalue weighted by molar-refractivity contribution is -0.126. The molecule has 2 rings (SSSR count). The van der Waals surface area contributed by atoms with Crippen molar-refractivity contribution in [2.45, 2.75) is 5.16 Å². The van der Waals surface area contributed by atoms with Gasteiger partial charge in [0.05, 0.1) is 17.1 Å². The number of thioether (sulfide) groups is 1. The van der Waals surface area contributed by atoms with Crippen LogP contribution >= 0.6 is 11.8 Å². The highest BCUT2D eigenvalue weighted by Crippen LogP contribution is 2.17. The Morgan fingerprint density at radius 1 is 1.22 bits per heavy atom. The Bertz CT molecular complexity index is 536. The zero-order chi connectivity index (χ0) is 12.8. The van der Waals surface area contributed by atoms with Crippen LogP contribution in [0.15, 0.2) is 41.8 Å². The molecule has 0 radical (unpaired) electrons. The molecule has 2 aromatic heterocycles. The van der Waals surface area contributed by atoms with Gasteiger partial charge in [-0.05, 0) is 18.2 Å². The highest BCUT2D eigenvalue weighted by molar-refractivity contribution is 7.99. The Hall–Kier alpha value is -1.99. The van der Waals surface area contributed by atoms with Crippen molar-refractivity contribution in [1.29, 1.82) is 0 Å². The van der Waals surface area contributed by atoms with Crippen molar-refractivity contribution in [3.63, 3.8) is 0 Å². The first kappa shape index (κ1) is 12.5. The molecule has 0 saturated carbocycles. The lowest BCUT2D eigenvalue weighted by Crippen LogP contribution is -2.20. The first-order valence-electron chi connectivity index (χ1n) is 5.10. The highest BCUT2D eigenvalue weighted by Gasteiger charge is 2.06. The summed E-state index contributed by atoms with van der Waals surface area (Å²) in [5.41, 5.74) is 2.99. The molecule has 0 atom stereocenters. The van der Waals surface area contributed by atoms with Crippen molar-refractivity contribution < 1.29 is 10.0 Å². The number of pyridine rings is 1. The maximum atomic E-state index is 10.9. The summed E-state index contributed by atoms with van der Waals surface area (Å²) in [6, 6.07) is 7.29. The van der Waals surface area contributed by atoms with Crippen LogP contribution in [0.25, 0.3) is 11.4 Å². The predicted octanol–water partition coefficient (Wildman–Crippen LogP) is 1.14. The number of nitrogens with one attached hydrogen (secondary N) is 1. The minimum Gasteiger partial charge on any atom is -0.289 e. The molecule has 0 aliphatic carbocycles. The maximum Gasteiger partial charge on any atom is 0.253 e. The number of carbonyl (C=O) groups is 1. The van der Waals surface area contributed by atoms with Crippen LogP contribution in [-0.2, 0) is 4.79 Å². The van der Waals surface area contributed by atoms with E-state index in [1.54, 1.807) is 23.9 Å². The highest BCUT2D eigenvalue weighted by atomic mass is 32.2. The van der Waals surface area contributed by atoms with Crippen LogP contribution in [0.4, 0.5) is 0 Å². The van der Waals surface area contributed by atoms with Gasteiger partial charge in [0.15, 0.2) is 5.16 Å². The predicted molar refractivity (Wildman–Crippen MR) is 65.9 cm³/mol. The molecule has 0 aliphatic heterocycles. The second-order valence-electron chi connectivity index (χ2n) is 3.26. The van der Waals surface area contributed by atoms with Crippen LogP contribution in [0.5, 0.6) is 0 Å². The van der Waals surface area contributed by atoms with E-state index in [-0.39, 0.29) is 5.75 Å². The number of amides is 1. The van der Waals surface area contributed by atoms with E-state index in [0.717, 1.165) is 17.5 Å². The van der Waals surface area contributed by atoms with Gasteiger partial charge in [-0.1, -0.05) is 17.8 Å². The zero-order valence-electron chi connectivity index (χ0n) is 9.28. The Balaban J connectivity index is 2.13. The number of hydrogen-bond donors (Lipinski definition) is 2. The van der Waals surface area contributed by atoms with Crippen molar-refractivity contribution in [2.24, 2.45) is 0 Å². The molecule has 0 bridgehead atoms. The van der Waals surface area contributed by atoms with Crippen LogP contribution in [0.2, 0.25) is 0 Å². The molecule has 6 nitrogen and oxygen atoms in total. The minimum atomic E-state index is -0.494. The number of carbonyl (C=O) groups excluding carboxylic acids is 1. The van der Waals surface area contributed by atoms with Gasteiger partial charge in [0.2, 0.25) is 0 Å². The average Bonchev–Trinajstić information content (AvgIpc) is 2.46. The fourth-order valence-corrected chi connectivity index (χ4v) is 1.85. The van der Waals surface area contributed by atoms with Gasteiger partial charge in [-0.3, -0.25) is 15.0 Å². The van der Waals surface area contributed by atoms with Gasteiger partial charge >= 0.3 is 0 Å². The fourth-order valence-electron chi connectivity index (χ4n) is 1.23. The molecular weight excluding hydrogens is 252 g/mol. The van der Waals surface area contributed by atoms with E-state index in [4.69, 9.17) is 5.21 Å². The molecule has 2 N–H and O–H groups in total. The Kier molecular flexibility index (Phi) is 4.21. The monoisotopic (exact) mass is 262 g/mol. The average molecular weight is 262 g/mol. The molecule has 0 unspecified atom stereocenters. The molecule has 92 valence electrons. The van der Waals surface area contributed by atoms with Gasteiger partial charge in [0.1, 0.15) is 0 Å². The summed E-state index contributed by atoms with van der Waals surface area (Å²) in [6.45, 7) is 0. The molecule has 0 fully saturated rings. The molecule has 7 heteroatoms. The van der Waals surface area contributed by atoms with Crippen LogP contribution in [0, 0.1) is 0 Å². The van der Waals surface area contributed by atoms with Gasteiger partial charge in [-0.15, -0.1) is 0 Å². The summed E-state index contributed by atoms with van der Waals surface area (Å²) in [7, 11) is 0. The zero-order valence-corrected chi connectivity index (χ0v) is 10.1. The molecule has 0 aliphatic rings. The van der Waals surface area contributed by atoms with Gasteiger partial charge in [-0.2, -0.15) is 0 Å². The van der Waals surface area contributed by atoms with E-state index in [9.17, 15) is 4.79 Å². The Labute approximate surface area is 107 Å². The smallest absolute Gasteiger partial charge is 0.253 e. The second kappa shape index (κ2) is 6.08. The van der Waals surface area contributed by atoms with Crippen molar-refractivity contribution in [3.05, 3.63) is 36.7 Å². The van der Waals surface area contributed by atoms with Crippen molar-refractivity contribution in [2.75, 3.05) is 5.75 Å². The fraction of sp³-hybridized carbons (Fsp3) is 0.0909. The summed E-state index contributed by atoms with van der Waals surface area (Å²) in [5, 5.41) is 8.84. The number of hydroxylamine groups is 1. The number of nitrogens with zero attached hydrogens (tertiary/aromatic N) is 3. The number of hydrogen-bond acceptors (Lipinski definition) is 6. The van der Waals surface area contributed by atoms with Crippen molar-refractivity contribution >= 4 is 17.7 Å². The van der Waals surface area contributed by atoms with Gasteiger partial charge in [-0.25, -0.2) is 15.4 Å². The van der Waals surface area contributed by atoms with Crippen molar-refractivity contribution in [3.8, 4) is 11.4 Å². The molecule has 18 heavy (non-hydrogen) atoms. The quantitative estimate of drug-likeness (QED) is 0.372. The lowest BCUT2D eigenvalue weighted by Gasteiger charge is -2.02. The number of aromatic nitrogens is 3. The largest absolute Gasteiger partial charge is 0.289 e. The van der Waals surface area contributed by atoms with E-state index >= 15 is 0 Å². The third kappa shape index (κ3) is 3.25. The normalized spacial score (nSPS) is 10.1. The molecule has 1 amide bonds.